The van der Waals surface area contributed by atoms with Crippen LogP contribution in [0.5, 0.6) is 0 Å². The molecule has 0 amide bonds. The molecule has 3 unspecified atom stereocenters. The number of para-hydroxylation sites is 1. The van der Waals surface area contributed by atoms with Crippen molar-refractivity contribution in [2.45, 2.75) is 46.1 Å². The monoisotopic (exact) mass is 284 g/mol. The van der Waals surface area contributed by atoms with E-state index in [1.807, 2.05) is 13.0 Å². The van der Waals surface area contributed by atoms with E-state index >= 15 is 0 Å². The number of H-pyrrole nitrogens is 1. The van der Waals surface area contributed by atoms with Gasteiger partial charge < -0.3 is 5.32 Å². The van der Waals surface area contributed by atoms with Crippen molar-refractivity contribution in [1.82, 2.24) is 15.2 Å². The van der Waals surface area contributed by atoms with Crippen molar-refractivity contribution in [2.75, 3.05) is 5.32 Å². The second kappa shape index (κ2) is 5.88. The van der Waals surface area contributed by atoms with Crippen LogP contribution >= 0.6 is 0 Å². The van der Waals surface area contributed by atoms with Gasteiger partial charge >= 0.3 is 0 Å². The fraction of sp³-hybridized carbons (Fsp3) is 0.529. The molecule has 0 aliphatic heterocycles. The molecule has 112 valence electrons. The van der Waals surface area contributed by atoms with Gasteiger partial charge in [-0.3, -0.25) is 5.10 Å². The molecule has 4 nitrogen and oxygen atoms in total. The van der Waals surface area contributed by atoms with Gasteiger partial charge in [-0.15, -0.1) is 0 Å². The predicted octanol–water partition coefficient (Wildman–Crippen LogP) is 4.02. The van der Waals surface area contributed by atoms with E-state index in [1.165, 1.54) is 19.3 Å². The van der Waals surface area contributed by atoms with E-state index in [2.05, 4.69) is 52.5 Å². The first-order valence-electron chi connectivity index (χ1n) is 7.88. The van der Waals surface area contributed by atoms with Gasteiger partial charge in [-0.05, 0) is 50.2 Å². The molecule has 1 aromatic carbocycles. The van der Waals surface area contributed by atoms with Gasteiger partial charge in [0, 0.05) is 17.3 Å². The first-order chi connectivity index (χ1) is 10.1. The van der Waals surface area contributed by atoms with E-state index < -0.39 is 0 Å². The van der Waals surface area contributed by atoms with Crippen molar-refractivity contribution in [1.29, 1.82) is 0 Å². The standard InChI is InChI=1S/C17H24N4/c1-11-8-9-14(10-12(11)2)19-16-7-5-4-6-15(16)17-18-13(3)20-21-17/h4-7,11-12,14,19H,8-10H2,1-3H3,(H,18,20,21). The Hall–Kier alpha value is -1.84. The maximum Gasteiger partial charge on any atom is 0.183 e. The molecular weight excluding hydrogens is 260 g/mol. The zero-order chi connectivity index (χ0) is 14.8. The van der Waals surface area contributed by atoms with Crippen molar-refractivity contribution in [2.24, 2.45) is 11.8 Å². The Bertz CT molecular complexity index is 604. The SMILES string of the molecule is Cc1nc(-c2ccccc2NC2CCC(C)C(C)C2)n[nH]1. The van der Waals surface area contributed by atoms with Crippen LogP contribution < -0.4 is 5.32 Å². The fourth-order valence-electron chi connectivity index (χ4n) is 3.17. The van der Waals surface area contributed by atoms with E-state index in [-0.39, 0.29) is 0 Å². The van der Waals surface area contributed by atoms with Gasteiger partial charge in [-0.1, -0.05) is 26.0 Å². The first kappa shape index (κ1) is 14.1. The van der Waals surface area contributed by atoms with Crippen molar-refractivity contribution in [3.63, 3.8) is 0 Å². The summed E-state index contributed by atoms with van der Waals surface area (Å²) in [6, 6.07) is 8.87. The van der Waals surface area contributed by atoms with E-state index in [0.717, 1.165) is 34.7 Å². The largest absolute Gasteiger partial charge is 0.382 e. The smallest absolute Gasteiger partial charge is 0.183 e. The van der Waals surface area contributed by atoms with Crippen LogP contribution in [0.2, 0.25) is 0 Å². The number of anilines is 1. The molecule has 1 fully saturated rings. The number of nitrogens with zero attached hydrogens (tertiary/aromatic N) is 2. The van der Waals surface area contributed by atoms with Crippen LogP contribution in [-0.4, -0.2) is 21.2 Å². The predicted molar refractivity (Wildman–Crippen MR) is 86.1 cm³/mol. The highest BCUT2D eigenvalue weighted by Gasteiger charge is 2.25. The van der Waals surface area contributed by atoms with Crippen molar-refractivity contribution < 1.29 is 0 Å². The fourth-order valence-corrected chi connectivity index (χ4v) is 3.17. The molecule has 4 heteroatoms. The number of hydrogen-bond donors (Lipinski definition) is 2. The van der Waals surface area contributed by atoms with Gasteiger partial charge in [0.1, 0.15) is 5.82 Å². The Morgan fingerprint density at radius 2 is 1.95 bits per heavy atom. The summed E-state index contributed by atoms with van der Waals surface area (Å²) in [6.45, 7) is 6.66. The Labute approximate surface area is 126 Å². The molecule has 2 N–H and O–H groups in total. The van der Waals surface area contributed by atoms with Gasteiger partial charge in [0.25, 0.3) is 0 Å². The van der Waals surface area contributed by atoms with Crippen LogP contribution in [-0.2, 0) is 0 Å². The van der Waals surface area contributed by atoms with Crippen LogP contribution in [0.25, 0.3) is 11.4 Å². The maximum atomic E-state index is 4.46. The molecule has 3 rings (SSSR count). The summed E-state index contributed by atoms with van der Waals surface area (Å²) in [7, 11) is 0. The van der Waals surface area contributed by atoms with Crippen molar-refractivity contribution in [3.8, 4) is 11.4 Å². The number of hydrogen-bond acceptors (Lipinski definition) is 3. The summed E-state index contributed by atoms with van der Waals surface area (Å²) < 4.78 is 0. The van der Waals surface area contributed by atoms with E-state index in [4.69, 9.17) is 0 Å². The molecule has 0 spiro atoms. The van der Waals surface area contributed by atoms with Gasteiger partial charge in [0.05, 0.1) is 0 Å². The second-order valence-corrected chi connectivity index (χ2v) is 6.40. The van der Waals surface area contributed by atoms with E-state index in [9.17, 15) is 0 Å². The molecule has 1 heterocycles. The van der Waals surface area contributed by atoms with E-state index in [1.54, 1.807) is 0 Å². The van der Waals surface area contributed by atoms with Crippen LogP contribution in [0.15, 0.2) is 24.3 Å². The third-order valence-corrected chi connectivity index (χ3v) is 4.72. The lowest BCUT2D eigenvalue weighted by Gasteiger charge is -2.33. The zero-order valence-electron chi connectivity index (χ0n) is 13.1. The molecular formula is C17H24N4. The molecule has 1 aliphatic rings. The van der Waals surface area contributed by atoms with Gasteiger partial charge in [-0.25, -0.2) is 4.98 Å². The average Bonchev–Trinajstić information content (AvgIpc) is 2.90. The molecule has 1 aliphatic carbocycles. The number of aromatic nitrogens is 3. The molecule has 0 saturated heterocycles. The number of aryl methyl sites for hydroxylation is 1. The molecule has 3 atom stereocenters. The average molecular weight is 284 g/mol. The van der Waals surface area contributed by atoms with Crippen LogP contribution in [0.3, 0.4) is 0 Å². The molecule has 0 bridgehead atoms. The number of aromatic amines is 1. The summed E-state index contributed by atoms with van der Waals surface area (Å²) in [5, 5.41) is 10.9. The first-order valence-corrected chi connectivity index (χ1v) is 7.88. The Morgan fingerprint density at radius 1 is 1.14 bits per heavy atom. The molecule has 1 aromatic heterocycles. The van der Waals surface area contributed by atoms with Gasteiger partial charge in [0.15, 0.2) is 5.82 Å². The topological polar surface area (TPSA) is 53.6 Å². The lowest BCUT2D eigenvalue weighted by Crippen LogP contribution is -2.30. The highest BCUT2D eigenvalue weighted by atomic mass is 15.2. The van der Waals surface area contributed by atoms with E-state index in [0.29, 0.717) is 6.04 Å². The maximum absolute atomic E-state index is 4.46. The van der Waals surface area contributed by atoms with Crippen molar-refractivity contribution in [3.05, 3.63) is 30.1 Å². The number of rotatable bonds is 3. The van der Waals surface area contributed by atoms with Crippen LogP contribution in [0.1, 0.15) is 38.9 Å². The van der Waals surface area contributed by atoms with Crippen molar-refractivity contribution >= 4 is 5.69 Å². The Balaban J connectivity index is 1.80. The highest BCUT2D eigenvalue weighted by Crippen LogP contribution is 2.33. The Kier molecular flexibility index (Phi) is 3.95. The summed E-state index contributed by atoms with van der Waals surface area (Å²) in [5.41, 5.74) is 2.22. The second-order valence-electron chi connectivity index (χ2n) is 6.40. The minimum absolute atomic E-state index is 0.553. The number of nitrogens with one attached hydrogen (secondary N) is 2. The summed E-state index contributed by atoms with van der Waals surface area (Å²) in [4.78, 5) is 4.46. The summed E-state index contributed by atoms with van der Waals surface area (Å²) in [6.07, 6.45) is 3.79. The molecule has 0 radical (unpaired) electrons. The molecule has 21 heavy (non-hydrogen) atoms. The third kappa shape index (κ3) is 3.09. The summed E-state index contributed by atoms with van der Waals surface area (Å²) >= 11 is 0. The summed E-state index contributed by atoms with van der Waals surface area (Å²) in [5.74, 6) is 3.25. The Morgan fingerprint density at radius 3 is 2.67 bits per heavy atom. The van der Waals surface area contributed by atoms with Gasteiger partial charge in [0.2, 0.25) is 0 Å². The zero-order valence-corrected chi connectivity index (χ0v) is 13.1. The quantitative estimate of drug-likeness (QED) is 0.895. The normalized spacial score (nSPS) is 25.8. The number of benzene rings is 1. The lowest BCUT2D eigenvalue weighted by atomic mass is 9.79. The van der Waals surface area contributed by atoms with Gasteiger partial charge in [-0.2, -0.15) is 5.10 Å². The highest BCUT2D eigenvalue weighted by molar-refractivity contribution is 5.73. The molecule has 1 saturated carbocycles. The third-order valence-electron chi connectivity index (χ3n) is 4.72. The molecule has 2 aromatic rings. The minimum Gasteiger partial charge on any atom is -0.382 e. The minimum atomic E-state index is 0.553. The van der Waals surface area contributed by atoms with Crippen LogP contribution in [0.4, 0.5) is 5.69 Å². The lowest BCUT2D eigenvalue weighted by molar-refractivity contribution is 0.261. The van der Waals surface area contributed by atoms with Crippen LogP contribution in [0, 0.1) is 18.8 Å².